The first kappa shape index (κ1) is 20.8. The van der Waals surface area contributed by atoms with Crippen LogP contribution >= 0.6 is 0 Å². The van der Waals surface area contributed by atoms with Crippen molar-refractivity contribution in [2.45, 2.75) is 49.6 Å². The number of benzene rings is 2. The molecule has 3 aromatic rings. The lowest BCUT2D eigenvalue weighted by molar-refractivity contribution is -0.122. The van der Waals surface area contributed by atoms with Gasteiger partial charge in [0.25, 0.3) is 5.56 Å². The van der Waals surface area contributed by atoms with Gasteiger partial charge in [0.2, 0.25) is 15.7 Å². The molecule has 29 heavy (non-hydrogen) atoms. The Labute approximate surface area is 170 Å². The van der Waals surface area contributed by atoms with E-state index < -0.39 is 15.4 Å². The van der Waals surface area contributed by atoms with Crippen LogP contribution in [0, 0.1) is 6.92 Å². The van der Waals surface area contributed by atoms with Gasteiger partial charge in [-0.15, -0.1) is 0 Å². The van der Waals surface area contributed by atoms with Gasteiger partial charge >= 0.3 is 0 Å². The zero-order valence-corrected chi connectivity index (χ0v) is 17.5. The van der Waals surface area contributed by atoms with Gasteiger partial charge in [-0.25, -0.2) is 8.42 Å². The number of nitrogens with one attached hydrogen (secondary N) is 1. The molecule has 1 heterocycles. The summed E-state index contributed by atoms with van der Waals surface area (Å²) in [6.07, 6.45) is 0.753. The van der Waals surface area contributed by atoms with Crippen molar-refractivity contribution in [3.05, 3.63) is 70.5 Å². The Balaban J connectivity index is 2.21. The van der Waals surface area contributed by atoms with E-state index in [0.29, 0.717) is 10.9 Å². The van der Waals surface area contributed by atoms with E-state index in [4.69, 9.17) is 0 Å². The molecule has 0 spiro atoms. The van der Waals surface area contributed by atoms with E-state index in [9.17, 15) is 18.0 Å². The van der Waals surface area contributed by atoms with Crippen LogP contribution in [0.1, 0.15) is 25.8 Å². The Hall–Kier alpha value is -2.93. The van der Waals surface area contributed by atoms with E-state index in [1.807, 2.05) is 32.9 Å². The predicted molar refractivity (Wildman–Crippen MR) is 113 cm³/mol. The third-order valence-electron chi connectivity index (χ3n) is 4.88. The Kier molecular flexibility index (Phi) is 5.88. The molecule has 2 aromatic carbocycles. The van der Waals surface area contributed by atoms with E-state index >= 15 is 0 Å². The fraction of sp³-hybridized carbons (Fsp3) is 0.273. The molecule has 1 aromatic heterocycles. The SMILES string of the molecule is CCC(C)NC(=O)Cn1c(=O)c(S(=O)(=O)c2ccccc2)cc2cc(C)ccc21. The third kappa shape index (κ3) is 4.24. The number of aryl methyl sites for hydroxylation is 1. The zero-order valence-electron chi connectivity index (χ0n) is 16.7. The number of hydrogen-bond acceptors (Lipinski definition) is 4. The number of carbonyl (C=O) groups is 1. The number of aromatic nitrogens is 1. The van der Waals surface area contributed by atoms with Crippen LogP contribution < -0.4 is 10.9 Å². The number of nitrogens with zero attached hydrogens (tertiary/aromatic N) is 1. The maximum absolute atomic E-state index is 13.2. The van der Waals surface area contributed by atoms with Crippen LogP contribution in [-0.2, 0) is 21.2 Å². The molecule has 0 saturated carbocycles. The second-order valence-corrected chi connectivity index (χ2v) is 9.07. The van der Waals surface area contributed by atoms with Crippen LogP contribution in [0.15, 0.2) is 69.2 Å². The Bertz CT molecular complexity index is 1210. The molecule has 0 fully saturated rings. The summed E-state index contributed by atoms with van der Waals surface area (Å²) in [7, 11) is -4.03. The Morgan fingerprint density at radius 3 is 2.45 bits per heavy atom. The highest BCUT2D eigenvalue weighted by molar-refractivity contribution is 7.91. The molecule has 0 aliphatic rings. The second kappa shape index (κ2) is 8.21. The van der Waals surface area contributed by atoms with Crippen molar-refractivity contribution in [2.75, 3.05) is 0 Å². The van der Waals surface area contributed by atoms with E-state index in [1.165, 1.54) is 22.8 Å². The first-order valence-corrected chi connectivity index (χ1v) is 11.0. The second-order valence-electron chi connectivity index (χ2n) is 7.16. The minimum atomic E-state index is -4.03. The summed E-state index contributed by atoms with van der Waals surface area (Å²) in [5, 5.41) is 3.42. The Morgan fingerprint density at radius 2 is 1.79 bits per heavy atom. The smallest absolute Gasteiger partial charge is 0.270 e. The van der Waals surface area contributed by atoms with Gasteiger partial charge in [0.15, 0.2) is 0 Å². The van der Waals surface area contributed by atoms with Crippen LogP contribution in [0.2, 0.25) is 0 Å². The van der Waals surface area contributed by atoms with Crippen molar-refractivity contribution >= 4 is 26.6 Å². The monoisotopic (exact) mass is 412 g/mol. The van der Waals surface area contributed by atoms with Gasteiger partial charge in [0.1, 0.15) is 11.4 Å². The average Bonchev–Trinajstić information content (AvgIpc) is 2.70. The summed E-state index contributed by atoms with van der Waals surface area (Å²) in [5.74, 6) is -0.336. The highest BCUT2D eigenvalue weighted by Crippen LogP contribution is 2.22. The van der Waals surface area contributed by atoms with Crippen molar-refractivity contribution < 1.29 is 13.2 Å². The van der Waals surface area contributed by atoms with Crippen molar-refractivity contribution in [1.29, 1.82) is 0 Å². The molecule has 0 aliphatic heterocycles. The minimum absolute atomic E-state index is 0.0389. The first-order valence-electron chi connectivity index (χ1n) is 9.47. The van der Waals surface area contributed by atoms with Crippen molar-refractivity contribution in [3.63, 3.8) is 0 Å². The molecule has 7 heteroatoms. The summed E-state index contributed by atoms with van der Waals surface area (Å²) in [6.45, 7) is 5.46. The summed E-state index contributed by atoms with van der Waals surface area (Å²) in [5.41, 5.74) is 0.742. The normalized spacial score (nSPS) is 12.7. The van der Waals surface area contributed by atoms with Gasteiger partial charge in [-0.3, -0.25) is 14.2 Å². The molecule has 152 valence electrons. The topological polar surface area (TPSA) is 85.2 Å². The van der Waals surface area contributed by atoms with Crippen molar-refractivity contribution in [1.82, 2.24) is 9.88 Å². The number of fused-ring (bicyclic) bond motifs is 1. The summed E-state index contributed by atoms with van der Waals surface area (Å²) in [6, 6.07) is 14.6. The molecule has 1 N–H and O–H groups in total. The maximum atomic E-state index is 13.2. The molecule has 1 atom stereocenters. The van der Waals surface area contributed by atoms with Crippen LogP contribution in [0.4, 0.5) is 0 Å². The molecule has 0 radical (unpaired) electrons. The molecular weight excluding hydrogens is 388 g/mol. The van der Waals surface area contributed by atoms with Crippen LogP contribution in [0.25, 0.3) is 10.9 Å². The van der Waals surface area contributed by atoms with E-state index in [1.54, 1.807) is 24.3 Å². The summed E-state index contributed by atoms with van der Waals surface area (Å²) in [4.78, 5) is 25.3. The lowest BCUT2D eigenvalue weighted by Gasteiger charge is -2.16. The Morgan fingerprint density at radius 1 is 1.10 bits per heavy atom. The number of rotatable bonds is 6. The van der Waals surface area contributed by atoms with Gasteiger partial charge < -0.3 is 5.32 Å². The molecule has 1 unspecified atom stereocenters. The largest absolute Gasteiger partial charge is 0.352 e. The lowest BCUT2D eigenvalue weighted by atomic mass is 10.1. The lowest BCUT2D eigenvalue weighted by Crippen LogP contribution is -2.38. The highest BCUT2D eigenvalue weighted by atomic mass is 32.2. The first-order chi connectivity index (χ1) is 13.7. The van der Waals surface area contributed by atoms with Gasteiger partial charge in [0.05, 0.1) is 10.4 Å². The molecule has 1 amide bonds. The van der Waals surface area contributed by atoms with Crippen LogP contribution in [-0.4, -0.2) is 24.9 Å². The molecule has 6 nitrogen and oxygen atoms in total. The fourth-order valence-corrected chi connectivity index (χ4v) is 4.51. The molecular formula is C22H24N2O4S. The number of pyridine rings is 1. The maximum Gasteiger partial charge on any atom is 0.270 e. The molecule has 3 rings (SSSR count). The van der Waals surface area contributed by atoms with Gasteiger partial charge in [-0.05, 0) is 50.6 Å². The molecule has 0 aliphatic carbocycles. The standard InChI is InChI=1S/C22H24N2O4S/c1-4-16(3)23-21(25)14-24-19-11-10-15(2)12-17(19)13-20(22(24)26)29(27,28)18-8-6-5-7-9-18/h5-13,16H,4,14H2,1-3H3,(H,23,25). The average molecular weight is 413 g/mol. The predicted octanol–water partition coefficient (Wildman–Crippen LogP) is 3.06. The molecule has 0 saturated heterocycles. The summed E-state index contributed by atoms with van der Waals surface area (Å²) >= 11 is 0. The number of hydrogen-bond donors (Lipinski definition) is 1. The van der Waals surface area contributed by atoms with Crippen LogP contribution in [0.5, 0.6) is 0 Å². The van der Waals surface area contributed by atoms with Gasteiger partial charge in [-0.2, -0.15) is 0 Å². The highest BCUT2D eigenvalue weighted by Gasteiger charge is 2.24. The van der Waals surface area contributed by atoms with E-state index in [2.05, 4.69) is 5.32 Å². The fourth-order valence-electron chi connectivity index (χ4n) is 3.12. The van der Waals surface area contributed by atoms with E-state index in [0.717, 1.165) is 12.0 Å². The van der Waals surface area contributed by atoms with Crippen molar-refractivity contribution in [3.8, 4) is 0 Å². The number of sulfone groups is 1. The third-order valence-corrected chi connectivity index (χ3v) is 6.65. The van der Waals surface area contributed by atoms with Gasteiger partial charge in [0, 0.05) is 11.4 Å². The number of amides is 1. The zero-order chi connectivity index (χ0) is 21.2. The quantitative estimate of drug-likeness (QED) is 0.674. The van der Waals surface area contributed by atoms with Crippen LogP contribution in [0.3, 0.4) is 0 Å². The summed E-state index contributed by atoms with van der Waals surface area (Å²) < 4.78 is 27.5. The number of carbonyl (C=O) groups excluding carboxylic acids is 1. The molecule has 0 bridgehead atoms. The minimum Gasteiger partial charge on any atom is -0.352 e. The van der Waals surface area contributed by atoms with Gasteiger partial charge in [-0.1, -0.05) is 36.8 Å². The van der Waals surface area contributed by atoms with E-state index in [-0.39, 0.29) is 28.3 Å². The van der Waals surface area contributed by atoms with Crippen molar-refractivity contribution in [2.24, 2.45) is 0 Å².